The van der Waals surface area contributed by atoms with Gasteiger partial charge in [0.15, 0.2) is 0 Å². The second kappa shape index (κ2) is 6.47. The van der Waals surface area contributed by atoms with E-state index in [1.807, 2.05) is 0 Å². The molecule has 0 radical (unpaired) electrons. The quantitative estimate of drug-likeness (QED) is 0.797. The number of rotatable bonds is 4. The van der Waals surface area contributed by atoms with Gasteiger partial charge in [0.2, 0.25) is 0 Å². The standard InChI is InChI=1S/C15H24N2O4/c1-3-7-16(2)14(20)17-8-6-15(11-17,13(18)19)12-4-9-21-10-5-12/h3,12H,1,4-11H2,2H3,(H,18,19). The summed E-state index contributed by atoms with van der Waals surface area (Å²) in [6.45, 7) is 6.12. The Morgan fingerprint density at radius 2 is 2.14 bits per heavy atom. The van der Waals surface area contributed by atoms with E-state index in [0.29, 0.717) is 39.3 Å². The van der Waals surface area contributed by atoms with Crippen molar-refractivity contribution in [3.8, 4) is 0 Å². The van der Waals surface area contributed by atoms with Crippen LogP contribution < -0.4 is 0 Å². The van der Waals surface area contributed by atoms with Crippen molar-refractivity contribution in [2.75, 3.05) is 39.9 Å². The topological polar surface area (TPSA) is 70.1 Å². The molecule has 1 N–H and O–H groups in total. The van der Waals surface area contributed by atoms with Crippen molar-refractivity contribution in [3.05, 3.63) is 12.7 Å². The molecule has 2 saturated heterocycles. The number of hydrogen-bond acceptors (Lipinski definition) is 3. The van der Waals surface area contributed by atoms with Crippen LogP contribution in [-0.4, -0.2) is 66.8 Å². The maximum Gasteiger partial charge on any atom is 0.320 e. The molecule has 0 saturated carbocycles. The highest BCUT2D eigenvalue weighted by atomic mass is 16.5. The van der Waals surface area contributed by atoms with E-state index in [4.69, 9.17) is 4.74 Å². The first-order valence-corrected chi connectivity index (χ1v) is 7.43. The zero-order valence-electron chi connectivity index (χ0n) is 12.6. The number of ether oxygens (including phenoxy) is 1. The zero-order chi connectivity index (χ0) is 15.5. The maximum atomic E-state index is 12.3. The number of carboxylic acids is 1. The summed E-state index contributed by atoms with van der Waals surface area (Å²) in [4.78, 5) is 27.4. The third-order valence-electron chi connectivity index (χ3n) is 4.73. The summed E-state index contributed by atoms with van der Waals surface area (Å²) in [5.41, 5.74) is -0.811. The number of carbonyl (C=O) groups is 2. The van der Waals surface area contributed by atoms with E-state index in [-0.39, 0.29) is 11.9 Å². The fourth-order valence-corrected chi connectivity index (χ4v) is 3.44. The first kappa shape index (κ1) is 15.8. The van der Waals surface area contributed by atoms with E-state index in [9.17, 15) is 14.7 Å². The Kier molecular flexibility index (Phi) is 4.88. The van der Waals surface area contributed by atoms with E-state index < -0.39 is 11.4 Å². The number of amides is 2. The Morgan fingerprint density at radius 1 is 1.48 bits per heavy atom. The molecular weight excluding hydrogens is 272 g/mol. The highest BCUT2D eigenvalue weighted by Gasteiger charge is 2.51. The van der Waals surface area contributed by atoms with Crippen molar-refractivity contribution in [3.63, 3.8) is 0 Å². The Hall–Kier alpha value is -1.56. The number of carbonyl (C=O) groups excluding carboxylic acids is 1. The largest absolute Gasteiger partial charge is 0.481 e. The molecule has 6 nitrogen and oxygen atoms in total. The maximum absolute atomic E-state index is 12.3. The van der Waals surface area contributed by atoms with Crippen LogP contribution in [-0.2, 0) is 9.53 Å². The SMILES string of the molecule is C=CCN(C)C(=O)N1CCC(C(=O)O)(C2CCOCC2)C1. The highest BCUT2D eigenvalue weighted by molar-refractivity contribution is 5.80. The molecule has 0 aromatic heterocycles. The van der Waals surface area contributed by atoms with Gasteiger partial charge in [0.1, 0.15) is 0 Å². The Balaban J connectivity index is 2.10. The monoisotopic (exact) mass is 296 g/mol. The minimum atomic E-state index is -0.811. The second-order valence-electron chi connectivity index (χ2n) is 5.97. The third kappa shape index (κ3) is 3.05. The van der Waals surface area contributed by atoms with Crippen LogP contribution in [0.5, 0.6) is 0 Å². The lowest BCUT2D eigenvalue weighted by Crippen LogP contribution is -2.46. The van der Waals surface area contributed by atoms with Gasteiger partial charge in [0, 0.05) is 39.9 Å². The average Bonchev–Trinajstić information content (AvgIpc) is 2.94. The predicted octanol–water partition coefficient (Wildman–Crippen LogP) is 1.43. The van der Waals surface area contributed by atoms with Crippen molar-refractivity contribution in [2.45, 2.75) is 19.3 Å². The molecule has 21 heavy (non-hydrogen) atoms. The normalized spacial score (nSPS) is 26.6. The lowest BCUT2D eigenvalue weighted by atomic mass is 9.71. The summed E-state index contributed by atoms with van der Waals surface area (Å²) >= 11 is 0. The van der Waals surface area contributed by atoms with E-state index in [1.165, 1.54) is 0 Å². The zero-order valence-corrected chi connectivity index (χ0v) is 12.6. The molecule has 0 aliphatic carbocycles. The van der Waals surface area contributed by atoms with E-state index in [2.05, 4.69) is 6.58 Å². The van der Waals surface area contributed by atoms with Gasteiger partial charge in [-0.3, -0.25) is 4.79 Å². The van der Waals surface area contributed by atoms with Crippen LogP contribution in [0.25, 0.3) is 0 Å². The molecule has 2 aliphatic rings. The molecule has 2 aliphatic heterocycles. The van der Waals surface area contributed by atoms with Gasteiger partial charge in [-0.05, 0) is 25.2 Å². The molecule has 0 bridgehead atoms. The van der Waals surface area contributed by atoms with Crippen molar-refractivity contribution in [1.82, 2.24) is 9.80 Å². The molecule has 0 spiro atoms. The van der Waals surface area contributed by atoms with Gasteiger partial charge in [-0.2, -0.15) is 0 Å². The van der Waals surface area contributed by atoms with Crippen molar-refractivity contribution in [2.24, 2.45) is 11.3 Å². The summed E-state index contributed by atoms with van der Waals surface area (Å²) in [5.74, 6) is -0.692. The van der Waals surface area contributed by atoms with Gasteiger partial charge in [-0.15, -0.1) is 6.58 Å². The number of nitrogens with zero attached hydrogens (tertiary/aromatic N) is 2. The molecule has 6 heteroatoms. The number of hydrogen-bond donors (Lipinski definition) is 1. The Labute approximate surface area is 125 Å². The van der Waals surface area contributed by atoms with Gasteiger partial charge < -0.3 is 19.6 Å². The summed E-state index contributed by atoms with van der Waals surface area (Å²) < 4.78 is 5.34. The van der Waals surface area contributed by atoms with Gasteiger partial charge in [-0.1, -0.05) is 6.08 Å². The third-order valence-corrected chi connectivity index (χ3v) is 4.73. The van der Waals surface area contributed by atoms with E-state index >= 15 is 0 Å². The minimum absolute atomic E-state index is 0.0891. The summed E-state index contributed by atoms with van der Waals surface area (Å²) in [6.07, 6.45) is 3.71. The lowest BCUT2D eigenvalue weighted by Gasteiger charge is -2.36. The van der Waals surface area contributed by atoms with E-state index in [0.717, 1.165) is 12.8 Å². The number of likely N-dealkylation sites (N-methyl/N-ethyl adjacent to an activating group) is 1. The molecule has 2 amide bonds. The Bertz CT molecular complexity index is 420. The minimum Gasteiger partial charge on any atom is -0.481 e. The molecular formula is C15H24N2O4. The molecule has 0 aromatic carbocycles. The highest BCUT2D eigenvalue weighted by Crippen LogP contribution is 2.43. The molecule has 1 atom stereocenters. The molecule has 1 unspecified atom stereocenters. The first-order valence-electron chi connectivity index (χ1n) is 7.43. The molecule has 2 fully saturated rings. The fourth-order valence-electron chi connectivity index (χ4n) is 3.44. The number of urea groups is 1. The number of carboxylic acid groups (broad SMARTS) is 1. The van der Waals surface area contributed by atoms with Gasteiger partial charge in [-0.25, -0.2) is 4.79 Å². The smallest absolute Gasteiger partial charge is 0.320 e. The van der Waals surface area contributed by atoms with Gasteiger partial charge in [0.05, 0.1) is 5.41 Å². The van der Waals surface area contributed by atoms with Gasteiger partial charge >= 0.3 is 12.0 Å². The number of aliphatic carboxylic acids is 1. The summed E-state index contributed by atoms with van der Waals surface area (Å²) in [5, 5.41) is 9.75. The summed E-state index contributed by atoms with van der Waals surface area (Å²) in [7, 11) is 1.71. The van der Waals surface area contributed by atoms with Crippen molar-refractivity contribution in [1.29, 1.82) is 0 Å². The van der Waals surface area contributed by atoms with Crippen molar-refractivity contribution < 1.29 is 19.4 Å². The number of likely N-dealkylation sites (tertiary alicyclic amines) is 1. The molecule has 118 valence electrons. The van der Waals surface area contributed by atoms with Crippen LogP contribution in [0, 0.1) is 11.3 Å². The summed E-state index contributed by atoms with van der Waals surface area (Å²) in [6, 6.07) is -0.120. The van der Waals surface area contributed by atoms with Crippen LogP contribution in [0.3, 0.4) is 0 Å². The van der Waals surface area contributed by atoms with E-state index in [1.54, 1.807) is 22.9 Å². The molecule has 2 rings (SSSR count). The molecule has 0 aromatic rings. The van der Waals surface area contributed by atoms with Crippen LogP contribution in [0.1, 0.15) is 19.3 Å². The Morgan fingerprint density at radius 3 is 2.71 bits per heavy atom. The second-order valence-corrected chi connectivity index (χ2v) is 5.97. The van der Waals surface area contributed by atoms with Crippen LogP contribution in [0.4, 0.5) is 4.79 Å². The average molecular weight is 296 g/mol. The van der Waals surface area contributed by atoms with Crippen LogP contribution >= 0.6 is 0 Å². The first-order chi connectivity index (χ1) is 10.0. The fraction of sp³-hybridized carbons (Fsp3) is 0.733. The molecule has 2 heterocycles. The predicted molar refractivity (Wildman–Crippen MR) is 78.0 cm³/mol. The lowest BCUT2D eigenvalue weighted by molar-refractivity contribution is -0.154. The van der Waals surface area contributed by atoms with Gasteiger partial charge in [0.25, 0.3) is 0 Å². The van der Waals surface area contributed by atoms with Crippen LogP contribution in [0.2, 0.25) is 0 Å². The van der Waals surface area contributed by atoms with Crippen LogP contribution in [0.15, 0.2) is 12.7 Å². The van der Waals surface area contributed by atoms with Crippen molar-refractivity contribution >= 4 is 12.0 Å².